The molecule has 8 nitrogen and oxygen atoms in total. The Balaban J connectivity index is 1.66. The number of rotatable bonds is 8. The van der Waals surface area contributed by atoms with Gasteiger partial charge in [-0.1, -0.05) is 30.3 Å². The molecule has 36 heavy (non-hydrogen) atoms. The number of carbonyl (C=O) groups is 2. The smallest absolute Gasteiger partial charge is 0.337 e. The molecule has 8 heteroatoms. The van der Waals surface area contributed by atoms with Crippen molar-refractivity contribution in [2.24, 2.45) is 0 Å². The number of aromatic carboxylic acids is 2. The Labute approximate surface area is 205 Å². The number of fused-ring (bicyclic) bond motifs is 3. The lowest BCUT2D eigenvalue weighted by Gasteiger charge is -2.12. The molecule has 5 aromatic rings. The molecule has 3 N–H and O–H groups in total. The van der Waals surface area contributed by atoms with Crippen LogP contribution < -0.4 is 14.2 Å². The Bertz CT molecular complexity index is 1590. The fraction of sp³-hybridized carbons (Fsp3) is 0.0714. The van der Waals surface area contributed by atoms with Crippen molar-refractivity contribution in [2.45, 2.75) is 6.61 Å². The maximum atomic E-state index is 12.3. The first kappa shape index (κ1) is 22.8. The van der Waals surface area contributed by atoms with Crippen molar-refractivity contribution in [2.75, 3.05) is 7.11 Å². The van der Waals surface area contributed by atoms with Crippen LogP contribution in [0, 0.1) is 0 Å². The lowest BCUT2D eigenvalue weighted by molar-refractivity contribution is 0.0653. The van der Waals surface area contributed by atoms with E-state index in [0.29, 0.717) is 40.3 Å². The van der Waals surface area contributed by atoms with E-state index in [2.05, 4.69) is 4.98 Å². The molecule has 0 amide bonds. The van der Waals surface area contributed by atoms with Gasteiger partial charge in [-0.2, -0.15) is 0 Å². The second-order valence-electron chi connectivity index (χ2n) is 8.04. The van der Waals surface area contributed by atoms with Crippen molar-refractivity contribution >= 4 is 33.7 Å². The van der Waals surface area contributed by atoms with Gasteiger partial charge in [0.25, 0.3) is 0 Å². The number of ether oxygens (including phenoxy) is 3. The van der Waals surface area contributed by atoms with Crippen LogP contribution in [0.5, 0.6) is 23.0 Å². The van der Waals surface area contributed by atoms with E-state index in [9.17, 15) is 19.8 Å². The first-order valence-electron chi connectivity index (χ1n) is 11.0. The summed E-state index contributed by atoms with van der Waals surface area (Å²) in [5.74, 6) is -0.970. The van der Waals surface area contributed by atoms with Crippen molar-refractivity contribution in [3.05, 3.63) is 95.6 Å². The van der Waals surface area contributed by atoms with Crippen LogP contribution in [-0.2, 0) is 6.61 Å². The summed E-state index contributed by atoms with van der Waals surface area (Å²) in [5.41, 5.74) is 1.25. The van der Waals surface area contributed by atoms with E-state index >= 15 is 0 Å². The van der Waals surface area contributed by atoms with Gasteiger partial charge in [0.15, 0.2) is 5.75 Å². The fourth-order valence-corrected chi connectivity index (χ4v) is 4.10. The minimum Gasteiger partial charge on any atom is -0.497 e. The van der Waals surface area contributed by atoms with Gasteiger partial charge in [0, 0.05) is 16.3 Å². The Morgan fingerprint density at radius 2 is 1.53 bits per heavy atom. The van der Waals surface area contributed by atoms with E-state index in [0.717, 1.165) is 5.56 Å². The minimum absolute atomic E-state index is 0.181. The summed E-state index contributed by atoms with van der Waals surface area (Å²) >= 11 is 0. The predicted molar refractivity (Wildman–Crippen MR) is 134 cm³/mol. The van der Waals surface area contributed by atoms with Crippen LogP contribution in [0.15, 0.2) is 78.9 Å². The monoisotopic (exact) mass is 483 g/mol. The number of hydrogen-bond acceptors (Lipinski definition) is 5. The second kappa shape index (κ2) is 9.34. The van der Waals surface area contributed by atoms with Gasteiger partial charge in [-0.3, -0.25) is 0 Å². The lowest BCUT2D eigenvalue weighted by atomic mass is 9.99. The summed E-state index contributed by atoms with van der Waals surface area (Å²) in [4.78, 5) is 27.5. The van der Waals surface area contributed by atoms with Crippen LogP contribution in [0.3, 0.4) is 0 Å². The highest BCUT2D eigenvalue weighted by atomic mass is 16.5. The maximum Gasteiger partial charge on any atom is 0.337 e. The molecule has 180 valence electrons. The third-order valence-corrected chi connectivity index (χ3v) is 5.79. The van der Waals surface area contributed by atoms with Crippen LogP contribution in [0.25, 0.3) is 21.8 Å². The molecule has 0 saturated carbocycles. The van der Waals surface area contributed by atoms with E-state index in [1.165, 1.54) is 6.07 Å². The SMILES string of the molecule is COc1ccc(Oc2cc(C(=O)O)c(C(=O)O)c3c2[nH]c2ccc(OCc4ccccc4)cc23)cc1. The van der Waals surface area contributed by atoms with Crippen LogP contribution in [0.4, 0.5) is 0 Å². The van der Waals surface area contributed by atoms with Gasteiger partial charge >= 0.3 is 11.9 Å². The van der Waals surface area contributed by atoms with Gasteiger partial charge in [-0.25, -0.2) is 9.59 Å². The zero-order valence-corrected chi connectivity index (χ0v) is 19.1. The molecular formula is C28H21NO7. The highest BCUT2D eigenvalue weighted by molar-refractivity contribution is 6.21. The molecule has 0 aliphatic heterocycles. The third-order valence-electron chi connectivity index (χ3n) is 5.79. The van der Waals surface area contributed by atoms with Crippen molar-refractivity contribution in [1.29, 1.82) is 0 Å². The molecule has 0 saturated heterocycles. The highest BCUT2D eigenvalue weighted by Crippen LogP contribution is 2.40. The number of benzene rings is 4. The van der Waals surface area contributed by atoms with E-state index in [4.69, 9.17) is 14.2 Å². The molecule has 1 aromatic heterocycles. The summed E-state index contributed by atoms with van der Waals surface area (Å²) in [5, 5.41) is 20.6. The summed E-state index contributed by atoms with van der Waals surface area (Å²) < 4.78 is 17.1. The molecule has 0 atom stereocenters. The number of aromatic amines is 1. The molecule has 1 heterocycles. The zero-order chi connectivity index (χ0) is 25.2. The summed E-state index contributed by atoms with van der Waals surface area (Å²) in [7, 11) is 1.55. The lowest BCUT2D eigenvalue weighted by Crippen LogP contribution is -2.09. The van der Waals surface area contributed by atoms with Crippen LogP contribution in [0.1, 0.15) is 26.3 Å². The average Bonchev–Trinajstić information content (AvgIpc) is 3.27. The average molecular weight is 483 g/mol. The predicted octanol–water partition coefficient (Wildman–Crippen LogP) is 6.10. The van der Waals surface area contributed by atoms with Crippen molar-refractivity contribution in [3.63, 3.8) is 0 Å². The summed E-state index contributed by atoms with van der Waals surface area (Å²) in [6.07, 6.45) is 0. The van der Waals surface area contributed by atoms with E-state index in [1.54, 1.807) is 49.6 Å². The molecule has 0 fully saturated rings. The molecule has 0 aliphatic rings. The van der Waals surface area contributed by atoms with E-state index in [1.807, 2.05) is 30.3 Å². The van der Waals surface area contributed by atoms with Crippen molar-refractivity contribution in [3.8, 4) is 23.0 Å². The van der Waals surface area contributed by atoms with Crippen molar-refractivity contribution < 1.29 is 34.0 Å². The quantitative estimate of drug-likeness (QED) is 0.244. The van der Waals surface area contributed by atoms with Gasteiger partial charge in [0.05, 0.1) is 23.8 Å². The van der Waals surface area contributed by atoms with Crippen LogP contribution >= 0.6 is 0 Å². The molecule has 0 radical (unpaired) electrons. The Kier molecular flexibility index (Phi) is 5.92. The Morgan fingerprint density at radius 3 is 2.19 bits per heavy atom. The van der Waals surface area contributed by atoms with Crippen molar-refractivity contribution in [1.82, 2.24) is 4.98 Å². The fourth-order valence-electron chi connectivity index (χ4n) is 4.10. The highest BCUT2D eigenvalue weighted by Gasteiger charge is 2.26. The standard InChI is InChI=1S/C28H21NO7/c1-34-17-7-9-18(10-8-17)36-23-14-21(27(30)31)25(28(32)33)24-20-13-19(11-12-22(20)29-26(23)24)35-15-16-5-3-2-4-6-16/h2-14,29H,15H2,1H3,(H,30,31)(H,32,33). The van der Waals surface area contributed by atoms with Gasteiger partial charge in [-0.15, -0.1) is 0 Å². The topological polar surface area (TPSA) is 118 Å². The number of carboxylic acids is 2. The van der Waals surface area contributed by atoms with Gasteiger partial charge in [0.2, 0.25) is 0 Å². The summed E-state index contributed by atoms with van der Waals surface area (Å²) in [6, 6.07) is 22.8. The molecule has 0 aliphatic carbocycles. The minimum atomic E-state index is -1.38. The number of H-pyrrole nitrogens is 1. The van der Waals surface area contributed by atoms with Gasteiger partial charge in [-0.05, 0) is 54.1 Å². The van der Waals surface area contributed by atoms with Gasteiger partial charge in [0.1, 0.15) is 23.9 Å². The molecule has 5 rings (SSSR count). The Morgan fingerprint density at radius 1 is 0.833 bits per heavy atom. The second-order valence-corrected chi connectivity index (χ2v) is 8.04. The molecule has 0 bridgehead atoms. The maximum absolute atomic E-state index is 12.3. The van der Waals surface area contributed by atoms with Gasteiger partial charge < -0.3 is 29.4 Å². The number of methoxy groups -OCH3 is 1. The Hall–Kier alpha value is -4.98. The normalized spacial score (nSPS) is 10.9. The molecule has 0 spiro atoms. The summed E-state index contributed by atoms with van der Waals surface area (Å²) in [6.45, 7) is 0.326. The van der Waals surface area contributed by atoms with Crippen LogP contribution in [-0.4, -0.2) is 34.2 Å². The first-order chi connectivity index (χ1) is 17.4. The zero-order valence-electron chi connectivity index (χ0n) is 19.1. The largest absolute Gasteiger partial charge is 0.497 e. The van der Waals surface area contributed by atoms with E-state index < -0.39 is 11.9 Å². The van der Waals surface area contributed by atoms with E-state index in [-0.39, 0.29) is 22.3 Å². The molecule has 0 unspecified atom stereocenters. The number of hydrogen-bond donors (Lipinski definition) is 3. The van der Waals surface area contributed by atoms with Crippen LogP contribution in [0.2, 0.25) is 0 Å². The molecule has 4 aromatic carbocycles. The number of carboxylic acid groups (broad SMARTS) is 2. The first-order valence-corrected chi connectivity index (χ1v) is 11.0. The third kappa shape index (κ3) is 4.27. The molecular weight excluding hydrogens is 462 g/mol. The number of aromatic nitrogens is 1. The number of nitrogens with one attached hydrogen (secondary N) is 1.